The second-order valence-corrected chi connectivity index (χ2v) is 4.89. The molecule has 5 heteroatoms. The Morgan fingerprint density at radius 3 is 3.00 bits per heavy atom. The van der Waals surface area contributed by atoms with Crippen LogP contribution in [0.2, 0.25) is 0 Å². The summed E-state index contributed by atoms with van der Waals surface area (Å²) in [6, 6.07) is 5.95. The maximum Gasteiger partial charge on any atom is 0.142 e. The van der Waals surface area contributed by atoms with Gasteiger partial charge in [-0.3, -0.25) is 4.98 Å². The molecule has 0 aliphatic carbocycles. The van der Waals surface area contributed by atoms with Gasteiger partial charge in [-0.15, -0.1) is 11.3 Å². The van der Waals surface area contributed by atoms with E-state index in [2.05, 4.69) is 15.3 Å². The molecule has 0 saturated carbocycles. The molecular formula is C13H17N3OS. The lowest BCUT2D eigenvalue weighted by molar-refractivity contribution is 0.238. The molecule has 2 aromatic heterocycles. The largest absolute Gasteiger partial charge is 0.395 e. The van der Waals surface area contributed by atoms with Crippen LogP contribution in [0, 0.1) is 0 Å². The summed E-state index contributed by atoms with van der Waals surface area (Å²) in [6.07, 6.45) is 2.68. The number of pyridine rings is 1. The van der Waals surface area contributed by atoms with Gasteiger partial charge in [-0.2, -0.15) is 0 Å². The Morgan fingerprint density at radius 2 is 2.33 bits per heavy atom. The minimum atomic E-state index is 0.144. The SMILES string of the molecule is CCC(CO)NCc1csc(-c2ccccn2)n1. The van der Waals surface area contributed by atoms with E-state index >= 15 is 0 Å². The molecule has 0 radical (unpaired) electrons. The van der Waals surface area contributed by atoms with E-state index < -0.39 is 0 Å². The van der Waals surface area contributed by atoms with Gasteiger partial charge in [0.05, 0.1) is 18.0 Å². The summed E-state index contributed by atoms with van der Waals surface area (Å²) in [6.45, 7) is 2.89. The summed E-state index contributed by atoms with van der Waals surface area (Å²) in [7, 11) is 0. The number of aliphatic hydroxyl groups is 1. The van der Waals surface area contributed by atoms with E-state index in [0.29, 0.717) is 6.54 Å². The number of hydrogen-bond acceptors (Lipinski definition) is 5. The normalized spacial score (nSPS) is 12.6. The fraction of sp³-hybridized carbons (Fsp3) is 0.385. The summed E-state index contributed by atoms with van der Waals surface area (Å²) in [5.74, 6) is 0. The first-order valence-corrected chi connectivity index (χ1v) is 6.91. The van der Waals surface area contributed by atoms with Crippen LogP contribution in [0.1, 0.15) is 19.0 Å². The molecule has 2 aromatic rings. The van der Waals surface area contributed by atoms with Crippen molar-refractivity contribution in [1.82, 2.24) is 15.3 Å². The zero-order valence-electron chi connectivity index (χ0n) is 10.3. The molecule has 0 bridgehead atoms. The molecule has 0 spiro atoms. The topological polar surface area (TPSA) is 58.0 Å². The van der Waals surface area contributed by atoms with Crippen molar-refractivity contribution >= 4 is 11.3 Å². The molecule has 1 atom stereocenters. The molecule has 2 N–H and O–H groups in total. The van der Waals surface area contributed by atoms with Crippen molar-refractivity contribution in [2.24, 2.45) is 0 Å². The van der Waals surface area contributed by atoms with E-state index in [-0.39, 0.29) is 12.6 Å². The highest BCUT2D eigenvalue weighted by Crippen LogP contribution is 2.21. The number of aliphatic hydroxyl groups excluding tert-OH is 1. The molecule has 2 rings (SSSR count). The van der Waals surface area contributed by atoms with Crippen molar-refractivity contribution in [3.05, 3.63) is 35.5 Å². The maximum absolute atomic E-state index is 9.10. The summed E-state index contributed by atoms with van der Waals surface area (Å²) in [4.78, 5) is 8.81. The van der Waals surface area contributed by atoms with Gasteiger partial charge < -0.3 is 10.4 Å². The lowest BCUT2D eigenvalue weighted by Gasteiger charge is -2.12. The van der Waals surface area contributed by atoms with Gasteiger partial charge in [0.1, 0.15) is 5.01 Å². The molecule has 96 valence electrons. The predicted octanol–water partition coefficient (Wildman–Crippen LogP) is 2.07. The van der Waals surface area contributed by atoms with Gasteiger partial charge in [0, 0.05) is 24.2 Å². The molecule has 18 heavy (non-hydrogen) atoms. The Labute approximate surface area is 111 Å². The smallest absolute Gasteiger partial charge is 0.142 e. The van der Waals surface area contributed by atoms with Crippen LogP contribution in [0.3, 0.4) is 0 Å². The predicted molar refractivity (Wildman–Crippen MR) is 73.3 cm³/mol. The first kappa shape index (κ1) is 13.1. The van der Waals surface area contributed by atoms with E-state index in [1.807, 2.05) is 30.5 Å². The minimum absolute atomic E-state index is 0.144. The standard InChI is InChI=1S/C13H17N3OS/c1-2-10(8-17)15-7-11-9-18-13(16-11)12-5-3-4-6-14-12/h3-6,9-10,15,17H,2,7-8H2,1H3. The van der Waals surface area contributed by atoms with Crippen molar-refractivity contribution in [3.63, 3.8) is 0 Å². The van der Waals surface area contributed by atoms with Gasteiger partial charge >= 0.3 is 0 Å². The van der Waals surface area contributed by atoms with E-state index in [1.165, 1.54) is 0 Å². The van der Waals surface area contributed by atoms with Crippen LogP contribution >= 0.6 is 11.3 Å². The minimum Gasteiger partial charge on any atom is -0.395 e. The van der Waals surface area contributed by atoms with Crippen LogP contribution in [0.4, 0.5) is 0 Å². The van der Waals surface area contributed by atoms with Crippen molar-refractivity contribution in [1.29, 1.82) is 0 Å². The van der Waals surface area contributed by atoms with Crippen LogP contribution in [0.5, 0.6) is 0 Å². The Bertz CT molecular complexity index is 468. The Morgan fingerprint density at radius 1 is 1.44 bits per heavy atom. The lowest BCUT2D eigenvalue weighted by Crippen LogP contribution is -2.31. The van der Waals surface area contributed by atoms with Crippen molar-refractivity contribution in [3.8, 4) is 10.7 Å². The lowest BCUT2D eigenvalue weighted by atomic mass is 10.2. The summed E-state index contributed by atoms with van der Waals surface area (Å²) < 4.78 is 0. The highest BCUT2D eigenvalue weighted by molar-refractivity contribution is 7.13. The molecule has 0 amide bonds. The zero-order chi connectivity index (χ0) is 12.8. The average molecular weight is 263 g/mol. The Kier molecular flexibility index (Phi) is 4.81. The van der Waals surface area contributed by atoms with E-state index in [0.717, 1.165) is 22.8 Å². The Hall–Kier alpha value is -1.30. The van der Waals surface area contributed by atoms with Gasteiger partial charge in [0.2, 0.25) is 0 Å². The summed E-state index contributed by atoms with van der Waals surface area (Å²) in [5.41, 5.74) is 1.90. The number of hydrogen-bond donors (Lipinski definition) is 2. The fourth-order valence-electron chi connectivity index (χ4n) is 1.58. The van der Waals surface area contributed by atoms with Crippen molar-refractivity contribution in [2.75, 3.05) is 6.61 Å². The fourth-order valence-corrected chi connectivity index (χ4v) is 2.38. The second-order valence-electron chi connectivity index (χ2n) is 4.03. The number of nitrogens with zero attached hydrogens (tertiary/aromatic N) is 2. The van der Waals surface area contributed by atoms with E-state index in [1.54, 1.807) is 17.5 Å². The van der Waals surface area contributed by atoms with Gasteiger partial charge in [-0.1, -0.05) is 13.0 Å². The van der Waals surface area contributed by atoms with Crippen LogP contribution in [0.15, 0.2) is 29.8 Å². The molecule has 4 nitrogen and oxygen atoms in total. The van der Waals surface area contributed by atoms with Crippen molar-refractivity contribution in [2.45, 2.75) is 25.9 Å². The van der Waals surface area contributed by atoms with Crippen LogP contribution in [0.25, 0.3) is 10.7 Å². The molecule has 0 aliphatic rings. The highest BCUT2D eigenvalue weighted by atomic mass is 32.1. The summed E-state index contributed by atoms with van der Waals surface area (Å²) >= 11 is 1.59. The first-order valence-electron chi connectivity index (χ1n) is 6.03. The number of thiazole rings is 1. The van der Waals surface area contributed by atoms with Crippen LogP contribution in [-0.2, 0) is 6.54 Å². The van der Waals surface area contributed by atoms with Crippen LogP contribution in [-0.4, -0.2) is 27.7 Å². The number of nitrogens with one attached hydrogen (secondary N) is 1. The summed E-state index contributed by atoms with van der Waals surface area (Å²) in [5, 5.41) is 15.3. The second kappa shape index (κ2) is 6.58. The molecule has 0 aromatic carbocycles. The van der Waals surface area contributed by atoms with Gasteiger partial charge in [-0.25, -0.2) is 4.98 Å². The first-order chi connectivity index (χ1) is 8.83. The molecule has 0 fully saturated rings. The Balaban J connectivity index is 1.98. The van der Waals surface area contributed by atoms with Gasteiger partial charge in [-0.05, 0) is 18.6 Å². The molecule has 0 saturated heterocycles. The monoisotopic (exact) mass is 263 g/mol. The number of aromatic nitrogens is 2. The highest BCUT2D eigenvalue weighted by Gasteiger charge is 2.07. The van der Waals surface area contributed by atoms with E-state index in [9.17, 15) is 0 Å². The maximum atomic E-state index is 9.10. The van der Waals surface area contributed by atoms with Crippen molar-refractivity contribution < 1.29 is 5.11 Å². The van der Waals surface area contributed by atoms with Gasteiger partial charge in [0.15, 0.2) is 0 Å². The van der Waals surface area contributed by atoms with Gasteiger partial charge in [0.25, 0.3) is 0 Å². The third-order valence-corrected chi connectivity index (χ3v) is 3.63. The zero-order valence-corrected chi connectivity index (χ0v) is 11.2. The molecule has 0 aliphatic heterocycles. The quantitative estimate of drug-likeness (QED) is 0.837. The average Bonchev–Trinajstić information content (AvgIpc) is 2.90. The third kappa shape index (κ3) is 3.35. The third-order valence-electron chi connectivity index (χ3n) is 2.72. The van der Waals surface area contributed by atoms with E-state index in [4.69, 9.17) is 5.11 Å². The number of rotatable bonds is 6. The molecular weight excluding hydrogens is 246 g/mol. The van der Waals surface area contributed by atoms with Crippen LogP contribution < -0.4 is 5.32 Å². The molecule has 1 unspecified atom stereocenters. The molecule has 2 heterocycles.